The predicted molar refractivity (Wildman–Crippen MR) is 93.1 cm³/mol. The summed E-state index contributed by atoms with van der Waals surface area (Å²) in [6.45, 7) is 2.80. The molecule has 0 heterocycles. The van der Waals surface area contributed by atoms with Crippen molar-refractivity contribution in [1.29, 1.82) is 0 Å². The summed E-state index contributed by atoms with van der Waals surface area (Å²) in [5.74, 6) is -1.41. The van der Waals surface area contributed by atoms with Crippen molar-refractivity contribution in [3.8, 4) is 5.75 Å². The first-order valence-electron chi connectivity index (χ1n) is 7.54. The van der Waals surface area contributed by atoms with E-state index in [9.17, 15) is 28.1 Å². The quantitative estimate of drug-likeness (QED) is 0.569. The number of aryl methyl sites for hydroxylation is 2. The van der Waals surface area contributed by atoms with Crippen molar-refractivity contribution in [2.45, 2.75) is 20.0 Å². The van der Waals surface area contributed by atoms with E-state index in [1.54, 1.807) is 19.1 Å². The van der Waals surface area contributed by atoms with Crippen molar-refractivity contribution >= 4 is 28.9 Å². The average molecular weight is 403 g/mol. The number of carbonyl (C=O) groups excluding carboxylic acids is 1. The highest BCUT2D eigenvalue weighted by atomic mass is 35.5. The van der Waals surface area contributed by atoms with E-state index in [0.717, 1.165) is 17.7 Å². The first-order valence-corrected chi connectivity index (χ1v) is 7.92. The summed E-state index contributed by atoms with van der Waals surface area (Å²) >= 11 is 6.06. The second-order valence-electron chi connectivity index (χ2n) is 5.71. The van der Waals surface area contributed by atoms with Gasteiger partial charge in [0.25, 0.3) is 11.6 Å². The molecular formula is C17H14ClF3N2O4. The second-order valence-corrected chi connectivity index (χ2v) is 6.12. The molecule has 27 heavy (non-hydrogen) atoms. The van der Waals surface area contributed by atoms with Crippen molar-refractivity contribution in [3.63, 3.8) is 0 Å². The van der Waals surface area contributed by atoms with Gasteiger partial charge in [0.2, 0.25) is 0 Å². The van der Waals surface area contributed by atoms with E-state index >= 15 is 0 Å². The zero-order chi connectivity index (χ0) is 20.4. The van der Waals surface area contributed by atoms with Gasteiger partial charge in [0, 0.05) is 12.1 Å². The third-order valence-electron chi connectivity index (χ3n) is 3.53. The fourth-order valence-corrected chi connectivity index (χ4v) is 2.74. The molecule has 0 aliphatic rings. The van der Waals surface area contributed by atoms with E-state index in [1.807, 2.05) is 6.92 Å². The first kappa shape index (κ1) is 20.5. The number of nitrogens with zero attached hydrogens (tertiary/aromatic N) is 1. The van der Waals surface area contributed by atoms with Gasteiger partial charge in [-0.25, -0.2) is 0 Å². The number of ether oxygens (including phenoxy) is 1. The number of nitrogens with one attached hydrogen (secondary N) is 1. The van der Waals surface area contributed by atoms with E-state index in [4.69, 9.17) is 16.3 Å². The first-order chi connectivity index (χ1) is 12.5. The summed E-state index contributed by atoms with van der Waals surface area (Å²) in [4.78, 5) is 21.7. The molecule has 6 nitrogen and oxygen atoms in total. The summed E-state index contributed by atoms with van der Waals surface area (Å²) in [5.41, 5.74) is -0.182. The smallest absolute Gasteiger partial charge is 0.420 e. The lowest BCUT2D eigenvalue weighted by Crippen LogP contribution is -2.22. The Morgan fingerprint density at radius 1 is 1.26 bits per heavy atom. The highest BCUT2D eigenvalue weighted by Crippen LogP contribution is 2.38. The Morgan fingerprint density at radius 3 is 2.48 bits per heavy atom. The van der Waals surface area contributed by atoms with Crippen molar-refractivity contribution in [2.75, 3.05) is 11.9 Å². The number of non-ortho nitro benzene ring substituents is 1. The Labute approximate surface area is 157 Å². The number of halogens is 4. The van der Waals surface area contributed by atoms with Crippen LogP contribution in [0.2, 0.25) is 5.02 Å². The van der Waals surface area contributed by atoms with Crippen LogP contribution in [0.1, 0.15) is 16.7 Å². The minimum Gasteiger partial charge on any atom is -0.483 e. The number of benzene rings is 2. The Kier molecular flexibility index (Phi) is 5.94. The topological polar surface area (TPSA) is 81.5 Å². The summed E-state index contributed by atoms with van der Waals surface area (Å²) in [5, 5.41) is 13.4. The lowest BCUT2D eigenvalue weighted by molar-refractivity contribution is -0.385. The Morgan fingerprint density at radius 2 is 1.93 bits per heavy atom. The maximum atomic E-state index is 13.1. The van der Waals surface area contributed by atoms with Crippen LogP contribution in [-0.2, 0) is 11.0 Å². The van der Waals surface area contributed by atoms with Gasteiger partial charge in [-0.2, -0.15) is 13.2 Å². The summed E-state index contributed by atoms with van der Waals surface area (Å²) in [7, 11) is 0. The Hall–Kier alpha value is -2.81. The van der Waals surface area contributed by atoms with Gasteiger partial charge in [-0.1, -0.05) is 17.7 Å². The van der Waals surface area contributed by atoms with Crippen molar-refractivity contribution in [2.24, 2.45) is 0 Å². The second kappa shape index (κ2) is 7.83. The summed E-state index contributed by atoms with van der Waals surface area (Å²) in [6.07, 6.45) is -4.88. The van der Waals surface area contributed by atoms with Gasteiger partial charge in [0.1, 0.15) is 11.3 Å². The van der Waals surface area contributed by atoms with Crippen LogP contribution >= 0.6 is 11.6 Å². The summed E-state index contributed by atoms with van der Waals surface area (Å²) < 4.78 is 44.2. The fraction of sp³-hybridized carbons (Fsp3) is 0.235. The SMILES string of the molecule is Cc1cc(C)c(NC(=O)COc2ccc([N+](=O)[O-])cc2C(F)(F)F)c(Cl)c1. The minimum absolute atomic E-state index is 0.284. The van der Waals surface area contributed by atoms with Crippen LogP contribution in [-0.4, -0.2) is 17.4 Å². The van der Waals surface area contributed by atoms with Gasteiger partial charge >= 0.3 is 6.18 Å². The van der Waals surface area contributed by atoms with Crippen LogP contribution < -0.4 is 10.1 Å². The van der Waals surface area contributed by atoms with E-state index in [2.05, 4.69) is 5.32 Å². The van der Waals surface area contributed by atoms with Crippen LogP contribution in [0.25, 0.3) is 0 Å². The molecule has 0 aliphatic heterocycles. The molecule has 2 aromatic carbocycles. The molecular weight excluding hydrogens is 389 g/mol. The number of carbonyl (C=O) groups is 1. The van der Waals surface area contributed by atoms with Crippen molar-refractivity contribution < 1.29 is 27.6 Å². The van der Waals surface area contributed by atoms with Gasteiger partial charge in [-0.15, -0.1) is 0 Å². The lowest BCUT2D eigenvalue weighted by Gasteiger charge is -2.15. The third-order valence-corrected chi connectivity index (χ3v) is 3.83. The normalized spacial score (nSPS) is 11.2. The third kappa shape index (κ3) is 5.10. The number of hydrogen-bond donors (Lipinski definition) is 1. The Bertz CT molecular complexity index is 877. The lowest BCUT2D eigenvalue weighted by atomic mass is 10.1. The number of hydrogen-bond acceptors (Lipinski definition) is 4. The monoisotopic (exact) mass is 402 g/mol. The Balaban J connectivity index is 2.17. The largest absolute Gasteiger partial charge is 0.483 e. The highest BCUT2D eigenvalue weighted by molar-refractivity contribution is 6.34. The van der Waals surface area contributed by atoms with Gasteiger partial charge in [-0.3, -0.25) is 14.9 Å². The molecule has 0 aromatic heterocycles. The van der Waals surface area contributed by atoms with Gasteiger partial charge in [0.15, 0.2) is 6.61 Å². The van der Waals surface area contributed by atoms with Gasteiger partial charge in [-0.05, 0) is 37.1 Å². The molecule has 144 valence electrons. The number of nitro groups is 1. The minimum atomic E-state index is -4.88. The van der Waals surface area contributed by atoms with Gasteiger partial charge < -0.3 is 10.1 Å². The zero-order valence-corrected chi connectivity index (χ0v) is 14.9. The number of nitro benzene ring substituents is 1. The molecule has 10 heteroatoms. The van der Waals surface area contributed by atoms with Crippen LogP contribution in [0.4, 0.5) is 24.5 Å². The molecule has 2 aromatic rings. The molecule has 0 aliphatic carbocycles. The zero-order valence-electron chi connectivity index (χ0n) is 14.2. The van der Waals surface area contributed by atoms with E-state index < -0.39 is 40.6 Å². The van der Waals surface area contributed by atoms with Crippen LogP contribution in [0.3, 0.4) is 0 Å². The van der Waals surface area contributed by atoms with Crippen molar-refractivity contribution in [3.05, 3.63) is 62.2 Å². The molecule has 0 spiro atoms. The van der Waals surface area contributed by atoms with Gasteiger partial charge in [0.05, 0.1) is 15.6 Å². The number of alkyl halides is 3. The molecule has 0 saturated carbocycles. The molecule has 1 amide bonds. The molecule has 2 rings (SSSR count). The number of anilines is 1. The maximum absolute atomic E-state index is 13.1. The standard InChI is InChI=1S/C17H14ClF3N2O4/c1-9-5-10(2)16(13(18)6-9)22-15(24)8-27-14-4-3-11(23(25)26)7-12(14)17(19,20)21/h3-7H,8H2,1-2H3,(H,22,24). The number of amides is 1. The molecule has 0 fully saturated rings. The van der Waals surface area contributed by atoms with Crippen LogP contribution in [0.15, 0.2) is 30.3 Å². The fourth-order valence-electron chi connectivity index (χ4n) is 2.37. The van der Waals surface area contributed by atoms with Crippen molar-refractivity contribution in [1.82, 2.24) is 0 Å². The van der Waals surface area contributed by atoms with E-state index in [-0.39, 0.29) is 5.02 Å². The predicted octanol–water partition coefficient (Wildman–Crippen LogP) is 4.90. The molecule has 0 atom stereocenters. The van der Waals surface area contributed by atoms with Crippen LogP contribution in [0.5, 0.6) is 5.75 Å². The van der Waals surface area contributed by atoms with E-state index in [0.29, 0.717) is 17.3 Å². The molecule has 0 unspecified atom stereocenters. The molecule has 0 bridgehead atoms. The van der Waals surface area contributed by atoms with E-state index in [1.165, 1.54) is 0 Å². The molecule has 0 radical (unpaired) electrons. The van der Waals surface area contributed by atoms with Crippen LogP contribution in [0, 0.1) is 24.0 Å². The molecule has 0 saturated heterocycles. The molecule has 1 N–H and O–H groups in total. The average Bonchev–Trinajstić information content (AvgIpc) is 2.55. The summed E-state index contributed by atoms with van der Waals surface area (Å²) in [6, 6.07) is 5.43. The maximum Gasteiger partial charge on any atom is 0.420 e. The highest BCUT2D eigenvalue weighted by Gasteiger charge is 2.36. The number of rotatable bonds is 5.